The van der Waals surface area contributed by atoms with E-state index in [0.717, 1.165) is 54.7 Å². The van der Waals surface area contributed by atoms with Gasteiger partial charge in [-0.2, -0.15) is 13.2 Å². The van der Waals surface area contributed by atoms with Crippen molar-refractivity contribution < 1.29 is 27.4 Å². The van der Waals surface area contributed by atoms with E-state index < -0.39 is 17.6 Å². The Morgan fingerprint density at radius 1 is 1.18 bits per heavy atom. The maximum Gasteiger partial charge on any atom is 0.411 e. The molecule has 0 unspecified atom stereocenters. The standard InChI is InChI=1S/C23H27F3N4O3/c24-23(25,26)22(5-6-22)29-19(31)12-30-14-1-2-15(30)10-13(9-14)11-18-27-16-3-4-17-21(20(16)28-18)33-8-7-32-17/h3-4,13-15H,1-2,5-12H2,(H,27,28)(H,29,31)/t13-,14-,15+. The van der Waals surface area contributed by atoms with Crippen LogP contribution < -0.4 is 14.8 Å². The molecule has 2 N–H and O–H groups in total. The fraction of sp³-hybridized carbons (Fsp3) is 0.652. The lowest BCUT2D eigenvalue weighted by molar-refractivity contribution is -0.170. The third-order valence-electron chi connectivity index (χ3n) is 7.67. The highest BCUT2D eigenvalue weighted by Gasteiger charge is 2.64. The van der Waals surface area contributed by atoms with Crippen LogP contribution in [0, 0.1) is 5.92 Å². The number of amides is 1. The Balaban J connectivity index is 1.10. The van der Waals surface area contributed by atoms with Crippen molar-refractivity contribution in [2.75, 3.05) is 19.8 Å². The zero-order valence-electron chi connectivity index (χ0n) is 18.2. The SMILES string of the molecule is O=C(CN1[C@@H]2CC[C@H]1C[C@H](Cc1nc3c4c(ccc3[nH]1)OCCO4)C2)NC1(C(F)(F)F)CC1. The van der Waals surface area contributed by atoms with E-state index in [-0.39, 0.29) is 31.5 Å². The molecule has 1 aromatic heterocycles. The minimum Gasteiger partial charge on any atom is -0.486 e. The zero-order chi connectivity index (χ0) is 22.8. The third-order valence-corrected chi connectivity index (χ3v) is 7.67. The highest BCUT2D eigenvalue weighted by Crippen LogP contribution is 2.49. The Morgan fingerprint density at radius 2 is 1.91 bits per heavy atom. The quantitative estimate of drug-likeness (QED) is 0.710. The molecule has 0 radical (unpaired) electrons. The van der Waals surface area contributed by atoms with E-state index in [0.29, 0.717) is 24.9 Å². The lowest BCUT2D eigenvalue weighted by Gasteiger charge is -2.38. The molecule has 1 aromatic carbocycles. The molecule has 178 valence electrons. The van der Waals surface area contributed by atoms with Gasteiger partial charge in [0.25, 0.3) is 0 Å². The van der Waals surface area contributed by atoms with Crippen LogP contribution in [0.2, 0.25) is 0 Å². The summed E-state index contributed by atoms with van der Waals surface area (Å²) >= 11 is 0. The molecule has 1 aliphatic carbocycles. The van der Waals surface area contributed by atoms with Gasteiger partial charge in [-0.05, 0) is 56.6 Å². The number of carbonyl (C=O) groups excluding carboxylic acids is 1. The second-order valence-corrected chi connectivity index (χ2v) is 9.90. The summed E-state index contributed by atoms with van der Waals surface area (Å²) in [6.45, 7) is 1.09. The molecular formula is C23H27F3N4O3. The van der Waals surface area contributed by atoms with E-state index in [9.17, 15) is 18.0 Å². The van der Waals surface area contributed by atoms with Crippen LogP contribution in [0.5, 0.6) is 11.5 Å². The average molecular weight is 464 g/mol. The molecule has 0 spiro atoms. The van der Waals surface area contributed by atoms with E-state index in [1.165, 1.54) is 0 Å². The second-order valence-electron chi connectivity index (χ2n) is 9.90. The number of imidazole rings is 1. The molecule has 3 fully saturated rings. The number of nitrogens with one attached hydrogen (secondary N) is 2. The highest BCUT2D eigenvalue weighted by molar-refractivity contribution is 5.85. The first-order chi connectivity index (χ1) is 15.8. The molecule has 3 aliphatic heterocycles. The number of benzene rings is 1. The van der Waals surface area contributed by atoms with Crippen molar-refractivity contribution in [3.8, 4) is 11.5 Å². The summed E-state index contributed by atoms with van der Waals surface area (Å²) in [4.78, 5) is 22.7. The predicted octanol–water partition coefficient (Wildman–Crippen LogP) is 3.33. The van der Waals surface area contributed by atoms with Gasteiger partial charge in [0.1, 0.15) is 30.1 Å². The molecule has 3 atom stereocenters. The van der Waals surface area contributed by atoms with Crippen LogP contribution in [-0.4, -0.2) is 64.3 Å². The van der Waals surface area contributed by atoms with Crippen molar-refractivity contribution in [2.24, 2.45) is 5.92 Å². The first kappa shape index (κ1) is 21.1. The summed E-state index contributed by atoms with van der Waals surface area (Å²) in [7, 11) is 0. The number of H-pyrrole nitrogens is 1. The molecular weight excluding hydrogens is 437 g/mol. The summed E-state index contributed by atoms with van der Waals surface area (Å²) in [5.41, 5.74) is -0.278. The Bertz CT molecular complexity index is 1070. The Morgan fingerprint density at radius 3 is 2.61 bits per heavy atom. The fourth-order valence-corrected chi connectivity index (χ4v) is 5.89. The lowest BCUT2D eigenvalue weighted by atomic mass is 9.88. The van der Waals surface area contributed by atoms with Gasteiger partial charge < -0.3 is 19.8 Å². The molecule has 6 rings (SSSR count). The van der Waals surface area contributed by atoms with Crippen LogP contribution in [0.4, 0.5) is 13.2 Å². The number of nitrogens with zero attached hydrogens (tertiary/aromatic N) is 2. The minimum atomic E-state index is -4.38. The monoisotopic (exact) mass is 464 g/mol. The Hall–Kier alpha value is -2.49. The molecule has 10 heteroatoms. The highest BCUT2D eigenvalue weighted by atomic mass is 19.4. The van der Waals surface area contributed by atoms with Gasteiger partial charge in [0, 0.05) is 18.5 Å². The van der Waals surface area contributed by atoms with E-state index in [1.807, 2.05) is 12.1 Å². The number of aromatic nitrogens is 2. The van der Waals surface area contributed by atoms with Gasteiger partial charge in [-0.25, -0.2) is 4.98 Å². The number of aromatic amines is 1. The molecule has 4 heterocycles. The van der Waals surface area contributed by atoms with Gasteiger partial charge >= 0.3 is 6.18 Å². The second kappa shape index (κ2) is 7.51. The molecule has 4 aliphatic rings. The molecule has 2 aromatic rings. The fourth-order valence-electron chi connectivity index (χ4n) is 5.89. The van der Waals surface area contributed by atoms with Crippen LogP contribution in [0.25, 0.3) is 11.0 Å². The number of alkyl halides is 3. The smallest absolute Gasteiger partial charge is 0.411 e. The summed E-state index contributed by atoms with van der Waals surface area (Å²) in [6.07, 6.45) is 0.192. The van der Waals surface area contributed by atoms with Gasteiger partial charge in [0.2, 0.25) is 5.91 Å². The molecule has 2 saturated heterocycles. The van der Waals surface area contributed by atoms with Gasteiger partial charge in [-0.15, -0.1) is 0 Å². The largest absolute Gasteiger partial charge is 0.486 e. The first-order valence-electron chi connectivity index (χ1n) is 11.7. The van der Waals surface area contributed by atoms with Crippen molar-refractivity contribution in [1.29, 1.82) is 0 Å². The number of halogens is 3. The van der Waals surface area contributed by atoms with Crippen LogP contribution in [0.1, 0.15) is 44.3 Å². The summed E-state index contributed by atoms with van der Waals surface area (Å²) in [5, 5.41) is 2.27. The first-order valence-corrected chi connectivity index (χ1v) is 11.7. The van der Waals surface area contributed by atoms with Crippen molar-refractivity contribution in [3.63, 3.8) is 0 Å². The van der Waals surface area contributed by atoms with E-state index in [2.05, 4.69) is 15.2 Å². The number of piperidine rings is 1. The number of hydrogen-bond acceptors (Lipinski definition) is 5. The molecule has 1 amide bonds. The Labute approximate surface area is 189 Å². The van der Waals surface area contributed by atoms with Crippen molar-refractivity contribution in [2.45, 2.75) is 68.7 Å². The number of fused-ring (bicyclic) bond motifs is 5. The molecule has 7 nitrogen and oxygen atoms in total. The number of carbonyl (C=O) groups is 1. The maximum absolute atomic E-state index is 13.2. The Kier molecular flexibility index (Phi) is 4.80. The zero-order valence-corrected chi connectivity index (χ0v) is 18.2. The number of hydrogen-bond donors (Lipinski definition) is 2. The van der Waals surface area contributed by atoms with E-state index in [1.54, 1.807) is 0 Å². The predicted molar refractivity (Wildman–Crippen MR) is 113 cm³/mol. The molecule has 2 bridgehead atoms. The van der Waals surface area contributed by atoms with Gasteiger partial charge in [-0.3, -0.25) is 9.69 Å². The summed E-state index contributed by atoms with van der Waals surface area (Å²) < 4.78 is 50.9. The number of rotatable bonds is 5. The third kappa shape index (κ3) is 3.72. The van der Waals surface area contributed by atoms with Gasteiger partial charge in [-0.1, -0.05) is 0 Å². The number of ether oxygens (including phenoxy) is 2. The van der Waals surface area contributed by atoms with E-state index >= 15 is 0 Å². The van der Waals surface area contributed by atoms with Crippen molar-refractivity contribution >= 4 is 16.9 Å². The van der Waals surface area contributed by atoms with Crippen LogP contribution in [0.3, 0.4) is 0 Å². The molecule has 33 heavy (non-hydrogen) atoms. The van der Waals surface area contributed by atoms with Crippen LogP contribution >= 0.6 is 0 Å². The van der Waals surface area contributed by atoms with E-state index in [4.69, 9.17) is 14.5 Å². The van der Waals surface area contributed by atoms with Crippen molar-refractivity contribution in [3.05, 3.63) is 18.0 Å². The maximum atomic E-state index is 13.2. The van der Waals surface area contributed by atoms with Gasteiger partial charge in [0.15, 0.2) is 11.5 Å². The summed E-state index contributed by atoms with van der Waals surface area (Å²) in [6, 6.07) is 4.31. The normalized spacial score (nSPS) is 28.2. The topological polar surface area (TPSA) is 79.5 Å². The van der Waals surface area contributed by atoms with Gasteiger partial charge in [0.05, 0.1) is 12.1 Å². The molecule has 1 saturated carbocycles. The summed E-state index contributed by atoms with van der Waals surface area (Å²) in [5.74, 6) is 2.22. The van der Waals surface area contributed by atoms with Crippen LogP contribution in [0.15, 0.2) is 12.1 Å². The lowest BCUT2D eigenvalue weighted by Crippen LogP contribution is -2.53. The van der Waals surface area contributed by atoms with Crippen LogP contribution in [-0.2, 0) is 11.2 Å². The van der Waals surface area contributed by atoms with Crippen molar-refractivity contribution in [1.82, 2.24) is 20.2 Å². The average Bonchev–Trinajstić information content (AvgIpc) is 3.39. The minimum absolute atomic E-state index is 0.0188.